The van der Waals surface area contributed by atoms with Crippen LogP contribution in [-0.2, 0) is 9.59 Å². The molecule has 8 heteroatoms. The molecule has 3 atom stereocenters. The summed E-state index contributed by atoms with van der Waals surface area (Å²) in [5.41, 5.74) is 3.36. The van der Waals surface area contributed by atoms with E-state index in [2.05, 4.69) is 31.3 Å². The number of amides is 3. The molecule has 3 amide bonds. The van der Waals surface area contributed by atoms with Crippen LogP contribution in [0.15, 0.2) is 78.9 Å². The molecule has 3 aromatic rings. The molecule has 2 heterocycles. The number of likely N-dealkylation sites (tertiary alicyclic amines) is 2. The van der Waals surface area contributed by atoms with Gasteiger partial charge in [0.25, 0.3) is 5.91 Å². The Hall–Kier alpha value is -4.20. The Morgan fingerprint density at radius 2 is 1.46 bits per heavy atom. The van der Waals surface area contributed by atoms with Crippen LogP contribution >= 0.6 is 0 Å². The van der Waals surface area contributed by atoms with Crippen LogP contribution in [-0.4, -0.2) is 65.5 Å². The van der Waals surface area contributed by atoms with Crippen molar-refractivity contribution in [3.63, 3.8) is 0 Å². The number of nitrogens with zero attached hydrogens (tertiary/aromatic N) is 2. The van der Waals surface area contributed by atoms with Crippen LogP contribution in [0.5, 0.6) is 5.75 Å². The molecule has 0 spiro atoms. The van der Waals surface area contributed by atoms with E-state index in [4.69, 9.17) is 4.74 Å². The lowest BCUT2D eigenvalue weighted by atomic mass is 9.95. The molecule has 41 heavy (non-hydrogen) atoms. The van der Waals surface area contributed by atoms with Gasteiger partial charge in [0.2, 0.25) is 11.8 Å². The summed E-state index contributed by atoms with van der Waals surface area (Å²) >= 11 is 0. The first-order valence-corrected chi connectivity index (χ1v) is 14.1. The van der Waals surface area contributed by atoms with Gasteiger partial charge in [-0.2, -0.15) is 0 Å². The van der Waals surface area contributed by atoms with Gasteiger partial charge < -0.3 is 19.9 Å². The van der Waals surface area contributed by atoms with Gasteiger partial charge in [0, 0.05) is 18.9 Å². The van der Waals surface area contributed by atoms with Crippen LogP contribution in [0.3, 0.4) is 0 Å². The van der Waals surface area contributed by atoms with E-state index in [0.29, 0.717) is 30.3 Å². The average molecular weight is 558 g/mol. The van der Waals surface area contributed by atoms with Crippen LogP contribution in [0.4, 0.5) is 4.39 Å². The maximum Gasteiger partial charge on any atom is 0.254 e. The largest absolute Gasteiger partial charge is 0.487 e. The Balaban J connectivity index is 1.29. The third kappa shape index (κ3) is 6.42. The number of hydrogen-bond donors (Lipinski definition) is 1. The van der Waals surface area contributed by atoms with Crippen molar-refractivity contribution >= 4 is 17.7 Å². The summed E-state index contributed by atoms with van der Waals surface area (Å²) in [6, 6.07) is 23.0. The molecule has 2 aliphatic heterocycles. The molecule has 3 unspecified atom stereocenters. The first-order chi connectivity index (χ1) is 19.7. The molecule has 7 nitrogen and oxygen atoms in total. The van der Waals surface area contributed by atoms with Gasteiger partial charge in [-0.05, 0) is 46.9 Å². The summed E-state index contributed by atoms with van der Waals surface area (Å²) in [5.74, 6) is 0.189. The number of halogens is 1. The highest BCUT2D eigenvalue weighted by atomic mass is 19.1. The minimum absolute atomic E-state index is 0.0142. The Bertz CT molecular complexity index is 1370. The molecule has 0 aromatic heterocycles. The molecule has 214 valence electrons. The number of benzene rings is 3. The number of rotatable bonds is 8. The van der Waals surface area contributed by atoms with Gasteiger partial charge in [0.1, 0.15) is 24.1 Å². The van der Waals surface area contributed by atoms with E-state index in [9.17, 15) is 18.8 Å². The molecule has 0 radical (unpaired) electrons. The predicted octanol–water partition coefficient (Wildman–Crippen LogP) is 4.88. The molecular weight excluding hydrogens is 521 g/mol. The van der Waals surface area contributed by atoms with E-state index < -0.39 is 24.2 Å². The molecule has 0 saturated carbocycles. The van der Waals surface area contributed by atoms with E-state index in [-0.39, 0.29) is 30.9 Å². The lowest BCUT2D eigenvalue weighted by Crippen LogP contribution is -2.55. The van der Waals surface area contributed by atoms with Crippen LogP contribution in [0.1, 0.15) is 66.2 Å². The van der Waals surface area contributed by atoms with Crippen molar-refractivity contribution in [2.75, 3.05) is 19.6 Å². The second-order valence-corrected chi connectivity index (χ2v) is 11.2. The highest BCUT2D eigenvalue weighted by Crippen LogP contribution is 2.28. The molecule has 1 N–H and O–H groups in total. The lowest BCUT2D eigenvalue weighted by Gasteiger charge is -2.38. The van der Waals surface area contributed by atoms with Crippen molar-refractivity contribution < 1.29 is 23.5 Å². The maximum absolute atomic E-state index is 14.7. The van der Waals surface area contributed by atoms with E-state index >= 15 is 0 Å². The first kappa shape index (κ1) is 28.3. The van der Waals surface area contributed by atoms with Crippen LogP contribution in [0.2, 0.25) is 0 Å². The number of carbonyl (C=O) groups is 3. The molecular formula is C33H36FN3O4. The molecule has 2 saturated heterocycles. The minimum atomic E-state index is -1.29. The zero-order valence-electron chi connectivity index (χ0n) is 23.6. The third-order valence-corrected chi connectivity index (χ3v) is 7.87. The van der Waals surface area contributed by atoms with Gasteiger partial charge in [0.05, 0.1) is 25.7 Å². The molecule has 0 aliphatic carbocycles. The number of hydrogen-bond acceptors (Lipinski definition) is 4. The normalized spacial score (nSPS) is 19.5. The monoisotopic (exact) mass is 557 g/mol. The average Bonchev–Trinajstić information content (AvgIpc) is 3.35. The van der Waals surface area contributed by atoms with Crippen LogP contribution in [0.25, 0.3) is 0 Å². The topological polar surface area (TPSA) is 79.0 Å². The van der Waals surface area contributed by atoms with Gasteiger partial charge in [-0.1, -0.05) is 68.4 Å². The van der Waals surface area contributed by atoms with Crippen molar-refractivity contribution in [2.24, 2.45) is 0 Å². The Labute approximate surface area is 240 Å². The van der Waals surface area contributed by atoms with Gasteiger partial charge in [-0.15, -0.1) is 0 Å². The second-order valence-electron chi connectivity index (χ2n) is 11.2. The van der Waals surface area contributed by atoms with Gasteiger partial charge in [-0.25, -0.2) is 4.39 Å². The zero-order chi connectivity index (χ0) is 29.1. The fourth-order valence-electron chi connectivity index (χ4n) is 5.38. The standard InChI is InChI=1S/C33H36FN3O4/c1-21(2)23-9-11-25(12-10-23)31(24-7-5-4-6-8-24)35-32(39)30-17-27(34)18-37(30)33(40)26-13-15-28(16-14-26)41-29-19-36(20-29)22(3)38/h4-16,21,27,29-31H,17-20H2,1-3H3,(H,35,39). The van der Waals surface area contributed by atoms with E-state index in [1.54, 1.807) is 29.2 Å². The smallest absolute Gasteiger partial charge is 0.254 e. The van der Waals surface area contributed by atoms with Gasteiger partial charge in [0.15, 0.2) is 0 Å². The summed E-state index contributed by atoms with van der Waals surface area (Å²) in [7, 11) is 0. The number of ether oxygens (including phenoxy) is 1. The number of alkyl halides is 1. The minimum Gasteiger partial charge on any atom is -0.487 e. The van der Waals surface area contributed by atoms with Crippen molar-refractivity contribution in [1.82, 2.24) is 15.1 Å². The summed E-state index contributed by atoms with van der Waals surface area (Å²) in [5, 5.41) is 3.10. The van der Waals surface area contributed by atoms with Gasteiger partial charge in [-0.3, -0.25) is 14.4 Å². The Morgan fingerprint density at radius 1 is 0.854 bits per heavy atom. The molecule has 5 rings (SSSR count). The zero-order valence-corrected chi connectivity index (χ0v) is 23.6. The lowest BCUT2D eigenvalue weighted by molar-refractivity contribution is -0.137. The molecule has 2 aliphatic rings. The molecule has 0 bridgehead atoms. The highest BCUT2D eigenvalue weighted by Gasteiger charge is 2.41. The second kappa shape index (κ2) is 12.1. The van der Waals surface area contributed by atoms with Crippen molar-refractivity contribution in [1.29, 1.82) is 0 Å². The van der Waals surface area contributed by atoms with Crippen molar-refractivity contribution in [3.8, 4) is 5.75 Å². The fraction of sp³-hybridized carbons (Fsp3) is 0.364. The molecule has 3 aromatic carbocycles. The molecule has 2 fully saturated rings. The third-order valence-electron chi connectivity index (χ3n) is 7.87. The summed E-state index contributed by atoms with van der Waals surface area (Å²) in [6.45, 7) is 6.70. The van der Waals surface area contributed by atoms with E-state index in [1.807, 2.05) is 42.5 Å². The van der Waals surface area contributed by atoms with E-state index in [0.717, 1.165) is 11.1 Å². The number of nitrogens with one attached hydrogen (secondary N) is 1. The summed E-state index contributed by atoms with van der Waals surface area (Å²) < 4.78 is 20.6. The quantitative estimate of drug-likeness (QED) is 0.428. The Kier molecular flexibility index (Phi) is 8.38. The Morgan fingerprint density at radius 3 is 2.07 bits per heavy atom. The highest BCUT2D eigenvalue weighted by molar-refractivity contribution is 5.98. The number of carbonyl (C=O) groups excluding carboxylic acids is 3. The van der Waals surface area contributed by atoms with Crippen LogP contribution < -0.4 is 10.1 Å². The van der Waals surface area contributed by atoms with Crippen molar-refractivity contribution in [3.05, 3.63) is 101 Å². The predicted molar refractivity (Wildman–Crippen MR) is 154 cm³/mol. The fourth-order valence-corrected chi connectivity index (χ4v) is 5.38. The van der Waals surface area contributed by atoms with Crippen molar-refractivity contribution in [2.45, 2.75) is 57.5 Å². The SMILES string of the molecule is CC(=O)N1CC(Oc2ccc(C(=O)N3CC(F)CC3C(=O)NC(c3ccccc3)c3ccc(C(C)C)cc3)cc2)C1. The maximum atomic E-state index is 14.7. The van der Waals surface area contributed by atoms with E-state index in [1.165, 1.54) is 17.4 Å². The summed E-state index contributed by atoms with van der Waals surface area (Å²) in [4.78, 5) is 41.5. The first-order valence-electron chi connectivity index (χ1n) is 14.1. The van der Waals surface area contributed by atoms with Crippen LogP contribution in [0, 0.1) is 0 Å². The van der Waals surface area contributed by atoms with Gasteiger partial charge >= 0.3 is 0 Å². The summed E-state index contributed by atoms with van der Waals surface area (Å²) in [6.07, 6.45) is -1.43.